The Labute approximate surface area is 121 Å². The van der Waals surface area contributed by atoms with E-state index in [-0.39, 0.29) is 29.8 Å². The maximum Gasteiger partial charge on any atom is 0.308 e. The van der Waals surface area contributed by atoms with Crippen LogP contribution < -0.4 is 11.1 Å². The molecule has 0 aliphatic heterocycles. The SMILES string of the molecule is CCCC(CN)C(=O)NC1CCC(C(=O)OCC)CC1. The zero-order valence-corrected chi connectivity index (χ0v) is 12.7. The molecule has 1 aliphatic rings. The lowest BCUT2D eigenvalue weighted by molar-refractivity contribution is -0.149. The van der Waals surface area contributed by atoms with Gasteiger partial charge in [0.2, 0.25) is 5.91 Å². The van der Waals surface area contributed by atoms with E-state index in [0.717, 1.165) is 38.5 Å². The largest absolute Gasteiger partial charge is 0.466 e. The smallest absolute Gasteiger partial charge is 0.308 e. The Morgan fingerprint density at radius 1 is 1.25 bits per heavy atom. The van der Waals surface area contributed by atoms with Crippen molar-refractivity contribution in [2.24, 2.45) is 17.6 Å². The van der Waals surface area contributed by atoms with E-state index in [1.807, 2.05) is 6.92 Å². The molecule has 1 aliphatic carbocycles. The van der Waals surface area contributed by atoms with Crippen molar-refractivity contribution in [3.8, 4) is 0 Å². The van der Waals surface area contributed by atoms with Crippen LogP contribution in [0.25, 0.3) is 0 Å². The van der Waals surface area contributed by atoms with E-state index in [1.54, 1.807) is 0 Å². The number of ether oxygens (including phenoxy) is 1. The second-order valence-electron chi connectivity index (χ2n) is 5.53. The third-order valence-electron chi connectivity index (χ3n) is 3.99. The van der Waals surface area contributed by atoms with Crippen LogP contribution in [0.15, 0.2) is 0 Å². The molecule has 0 aromatic carbocycles. The third-order valence-corrected chi connectivity index (χ3v) is 3.99. The van der Waals surface area contributed by atoms with Gasteiger partial charge in [-0.25, -0.2) is 0 Å². The number of esters is 1. The van der Waals surface area contributed by atoms with Gasteiger partial charge in [0.05, 0.1) is 18.4 Å². The van der Waals surface area contributed by atoms with Crippen LogP contribution in [0.3, 0.4) is 0 Å². The van der Waals surface area contributed by atoms with Gasteiger partial charge in [0.25, 0.3) is 0 Å². The molecule has 1 saturated carbocycles. The molecule has 1 rings (SSSR count). The van der Waals surface area contributed by atoms with Crippen molar-refractivity contribution in [2.45, 2.75) is 58.4 Å². The van der Waals surface area contributed by atoms with Crippen molar-refractivity contribution in [1.29, 1.82) is 0 Å². The summed E-state index contributed by atoms with van der Waals surface area (Å²) in [5.41, 5.74) is 5.64. The maximum absolute atomic E-state index is 12.1. The summed E-state index contributed by atoms with van der Waals surface area (Å²) in [6.45, 7) is 4.72. The minimum Gasteiger partial charge on any atom is -0.466 e. The van der Waals surface area contributed by atoms with Gasteiger partial charge in [-0.3, -0.25) is 9.59 Å². The van der Waals surface area contributed by atoms with Crippen LogP contribution in [-0.4, -0.2) is 31.1 Å². The zero-order valence-electron chi connectivity index (χ0n) is 12.7. The van der Waals surface area contributed by atoms with Gasteiger partial charge in [0.1, 0.15) is 0 Å². The molecule has 0 spiro atoms. The summed E-state index contributed by atoms with van der Waals surface area (Å²) in [6, 6.07) is 0.180. The van der Waals surface area contributed by atoms with Gasteiger partial charge in [0, 0.05) is 12.6 Å². The summed E-state index contributed by atoms with van der Waals surface area (Å²) in [7, 11) is 0. The van der Waals surface area contributed by atoms with E-state index >= 15 is 0 Å². The molecule has 1 amide bonds. The van der Waals surface area contributed by atoms with Crippen LogP contribution in [0.4, 0.5) is 0 Å². The average molecular weight is 284 g/mol. The Balaban J connectivity index is 2.34. The summed E-state index contributed by atoms with van der Waals surface area (Å²) >= 11 is 0. The van der Waals surface area contributed by atoms with E-state index in [2.05, 4.69) is 12.2 Å². The Hall–Kier alpha value is -1.10. The molecule has 0 aromatic heterocycles. The lowest BCUT2D eigenvalue weighted by Gasteiger charge is -2.29. The normalized spacial score (nSPS) is 23.9. The van der Waals surface area contributed by atoms with Crippen LogP contribution >= 0.6 is 0 Å². The van der Waals surface area contributed by atoms with Crippen LogP contribution in [0.2, 0.25) is 0 Å². The molecule has 3 N–H and O–H groups in total. The first kappa shape index (κ1) is 17.0. The number of hydrogen-bond donors (Lipinski definition) is 2. The number of nitrogens with one attached hydrogen (secondary N) is 1. The van der Waals surface area contributed by atoms with E-state index in [9.17, 15) is 9.59 Å². The van der Waals surface area contributed by atoms with Crippen molar-refractivity contribution in [1.82, 2.24) is 5.32 Å². The van der Waals surface area contributed by atoms with Gasteiger partial charge >= 0.3 is 5.97 Å². The molecule has 20 heavy (non-hydrogen) atoms. The molecule has 5 heteroatoms. The Morgan fingerprint density at radius 2 is 1.90 bits per heavy atom. The third kappa shape index (κ3) is 5.12. The average Bonchev–Trinajstić information content (AvgIpc) is 2.45. The zero-order chi connectivity index (χ0) is 15.0. The first-order valence-corrected chi connectivity index (χ1v) is 7.79. The Bertz CT molecular complexity index is 312. The van der Waals surface area contributed by atoms with Gasteiger partial charge in [-0.2, -0.15) is 0 Å². The number of carbonyl (C=O) groups is 2. The fourth-order valence-corrected chi connectivity index (χ4v) is 2.76. The first-order chi connectivity index (χ1) is 9.62. The summed E-state index contributed by atoms with van der Waals surface area (Å²) < 4.78 is 5.04. The number of nitrogens with two attached hydrogens (primary N) is 1. The molecular formula is C15H28N2O3. The van der Waals surface area contributed by atoms with Crippen LogP contribution in [0.1, 0.15) is 52.4 Å². The highest BCUT2D eigenvalue weighted by Gasteiger charge is 2.28. The number of amides is 1. The molecule has 116 valence electrons. The van der Waals surface area contributed by atoms with E-state index in [1.165, 1.54) is 0 Å². The van der Waals surface area contributed by atoms with Crippen LogP contribution in [0, 0.1) is 11.8 Å². The summed E-state index contributed by atoms with van der Waals surface area (Å²) in [5.74, 6) is -0.108. The van der Waals surface area contributed by atoms with Crippen molar-refractivity contribution in [2.75, 3.05) is 13.2 Å². The van der Waals surface area contributed by atoms with Crippen molar-refractivity contribution >= 4 is 11.9 Å². The van der Waals surface area contributed by atoms with Crippen molar-refractivity contribution in [3.63, 3.8) is 0 Å². The highest BCUT2D eigenvalue weighted by Crippen LogP contribution is 2.25. The molecular weight excluding hydrogens is 256 g/mol. The Kier molecular flexibility index (Phi) is 7.59. The van der Waals surface area contributed by atoms with Gasteiger partial charge in [-0.05, 0) is 39.0 Å². The van der Waals surface area contributed by atoms with Crippen LogP contribution in [0.5, 0.6) is 0 Å². The molecule has 0 aromatic rings. The number of hydrogen-bond acceptors (Lipinski definition) is 4. The van der Waals surface area contributed by atoms with Crippen LogP contribution in [-0.2, 0) is 14.3 Å². The highest BCUT2D eigenvalue weighted by atomic mass is 16.5. The minimum atomic E-state index is -0.0944. The second-order valence-corrected chi connectivity index (χ2v) is 5.53. The predicted molar refractivity (Wildman–Crippen MR) is 78.0 cm³/mol. The molecule has 1 unspecified atom stereocenters. The summed E-state index contributed by atoms with van der Waals surface area (Å²) in [5, 5.41) is 3.08. The lowest BCUT2D eigenvalue weighted by atomic mass is 9.85. The van der Waals surface area contributed by atoms with Crippen molar-refractivity contribution in [3.05, 3.63) is 0 Å². The molecule has 1 atom stereocenters. The molecule has 0 bridgehead atoms. The summed E-state index contributed by atoms with van der Waals surface area (Å²) in [4.78, 5) is 23.7. The molecule has 0 heterocycles. The molecule has 1 fully saturated rings. The topological polar surface area (TPSA) is 81.4 Å². The fourth-order valence-electron chi connectivity index (χ4n) is 2.76. The minimum absolute atomic E-state index is 0.00375. The highest BCUT2D eigenvalue weighted by molar-refractivity contribution is 5.79. The Morgan fingerprint density at radius 3 is 2.40 bits per heavy atom. The van der Waals surface area contributed by atoms with Gasteiger partial charge in [-0.15, -0.1) is 0 Å². The number of rotatable bonds is 7. The van der Waals surface area contributed by atoms with Crippen molar-refractivity contribution < 1.29 is 14.3 Å². The summed E-state index contributed by atoms with van der Waals surface area (Å²) in [6.07, 6.45) is 5.08. The molecule has 0 saturated heterocycles. The van der Waals surface area contributed by atoms with Gasteiger partial charge < -0.3 is 15.8 Å². The molecule has 5 nitrogen and oxygen atoms in total. The van der Waals surface area contributed by atoms with E-state index < -0.39 is 0 Å². The van der Waals surface area contributed by atoms with E-state index in [0.29, 0.717) is 13.2 Å². The monoisotopic (exact) mass is 284 g/mol. The standard InChI is InChI=1S/C15H28N2O3/c1-3-5-12(10-16)14(18)17-13-8-6-11(7-9-13)15(19)20-4-2/h11-13H,3-10,16H2,1-2H3,(H,17,18). The second kappa shape index (κ2) is 8.95. The lowest BCUT2D eigenvalue weighted by Crippen LogP contribution is -2.43. The maximum atomic E-state index is 12.1. The predicted octanol–water partition coefficient (Wildman–Crippen LogP) is 1.60. The number of carbonyl (C=O) groups excluding carboxylic acids is 2. The molecule has 0 radical (unpaired) electrons. The first-order valence-electron chi connectivity index (χ1n) is 7.79. The van der Waals surface area contributed by atoms with Gasteiger partial charge in [-0.1, -0.05) is 13.3 Å². The quantitative estimate of drug-likeness (QED) is 0.696. The fraction of sp³-hybridized carbons (Fsp3) is 0.867. The van der Waals surface area contributed by atoms with Gasteiger partial charge in [0.15, 0.2) is 0 Å². The van der Waals surface area contributed by atoms with E-state index in [4.69, 9.17) is 10.5 Å².